The summed E-state index contributed by atoms with van der Waals surface area (Å²) >= 11 is 12.0. The van der Waals surface area contributed by atoms with Crippen molar-refractivity contribution in [2.75, 3.05) is 23.7 Å². The zero-order valence-electron chi connectivity index (χ0n) is 19.3. The normalized spacial score (nSPS) is 11.2. The van der Waals surface area contributed by atoms with Gasteiger partial charge in [0, 0.05) is 37.0 Å². The van der Waals surface area contributed by atoms with Crippen LogP contribution in [0.1, 0.15) is 27.1 Å². The number of carbonyl (C=O) groups excluding carboxylic acids is 3. The van der Waals surface area contributed by atoms with Gasteiger partial charge in [-0.3, -0.25) is 14.4 Å². The number of carboxylic acid groups (broad SMARTS) is 1. The number of rotatable bonds is 11. The average Bonchev–Trinajstić information content (AvgIpc) is 2.87. The van der Waals surface area contributed by atoms with E-state index in [4.69, 9.17) is 23.2 Å². The van der Waals surface area contributed by atoms with Crippen molar-refractivity contribution in [2.24, 2.45) is 0 Å². The Bertz CT molecular complexity index is 1250. The molecule has 0 aliphatic carbocycles. The Morgan fingerprint density at radius 1 is 0.892 bits per heavy atom. The third-order valence-electron chi connectivity index (χ3n) is 5.01. The predicted molar refractivity (Wildman–Crippen MR) is 140 cm³/mol. The summed E-state index contributed by atoms with van der Waals surface area (Å²) in [4.78, 5) is 52.8. The highest BCUT2D eigenvalue weighted by Gasteiger charge is 2.24. The molecule has 37 heavy (non-hydrogen) atoms. The van der Waals surface area contributed by atoms with E-state index in [9.17, 15) is 24.3 Å². The second kappa shape index (κ2) is 13.2. The van der Waals surface area contributed by atoms with Gasteiger partial charge in [-0.05, 0) is 48.5 Å². The van der Waals surface area contributed by atoms with Gasteiger partial charge in [-0.15, -0.1) is 0 Å². The van der Waals surface area contributed by atoms with Crippen LogP contribution in [0.3, 0.4) is 0 Å². The Balaban J connectivity index is 1.49. The molecule has 0 fully saturated rings. The highest BCUT2D eigenvalue weighted by atomic mass is 35.5. The molecule has 3 amide bonds. The highest BCUT2D eigenvalue weighted by molar-refractivity contribution is 6.39. The molecule has 0 aliphatic rings. The number of hydrogen-bond acceptors (Lipinski definition) is 6. The Labute approximate surface area is 222 Å². The summed E-state index contributed by atoms with van der Waals surface area (Å²) in [5, 5.41) is 20.1. The number of amides is 3. The summed E-state index contributed by atoms with van der Waals surface area (Å²) in [5.41, 5.74) is 0.666. The molecule has 12 heteroatoms. The fourth-order valence-electron chi connectivity index (χ4n) is 3.14. The van der Waals surface area contributed by atoms with Crippen molar-refractivity contribution in [2.45, 2.75) is 12.5 Å². The first-order valence-electron chi connectivity index (χ1n) is 11.1. The maximum atomic E-state index is 12.5. The molecule has 2 aromatic carbocycles. The molecule has 0 saturated heterocycles. The van der Waals surface area contributed by atoms with E-state index in [2.05, 4.69) is 26.3 Å². The van der Waals surface area contributed by atoms with Crippen molar-refractivity contribution in [1.29, 1.82) is 0 Å². The van der Waals surface area contributed by atoms with E-state index in [0.717, 1.165) is 0 Å². The van der Waals surface area contributed by atoms with E-state index >= 15 is 0 Å². The van der Waals surface area contributed by atoms with Gasteiger partial charge >= 0.3 is 5.97 Å². The van der Waals surface area contributed by atoms with Crippen molar-refractivity contribution >= 4 is 58.4 Å². The van der Waals surface area contributed by atoms with Gasteiger partial charge in [0.1, 0.15) is 11.9 Å². The molecule has 192 valence electrons. The number of nitrogens with zero attached hydrogens (tertiary/aromatic N) is 1. The predicted octanol–water partition coefficient (Wildman–Crippen LogP) is 3.44. The fraction of sp³-hybridized carbons (Fsp3) is 0.160. The highest BCUT2D eigenvalue weighted by Crippen LogP contribution is 2.24. The Morgan fingerprint density at radius 2 is 1.59 bits per heavy atom. The van der Waals surface area contributed by atoms with Crippen molar-refractivity contribution in [1.82, 2.24) is 15.6 Å². The van der Waals surface area contributed by atoms with Crippen LogP contribution in [0.15, 0.2) is 66.9 Å². The third-order valence-corrected chi connectivity index (χ3v) is 5.64. The SMILES string of the molecule is O=C(CCNc1ccccn1)Nc1ccc(C(=O)NC[C@H](NC(=O)c2c(Cl)cccc2Cl)C(=O)O)cc1. The smallest absolute Gasteiger partial charge is 0.328 e. The summed E-state index contributed by atoms with van der Waals surface area (Å²) in [7, 11) is 0. The summed E-state index contributed by atoms with van der Waals surface area (Å²) in [6, 6.07) is 14.5. The number of aromatic nitrogens is 1. The monoisotopic (exact) mass is 543 g/mol. The molecule has 0 bridgehead atoms. The molecule has 0 spiro atoms. The van der Waals surface area contributed by atoms with Crippen molar-refractivity contribution in [3.05, 3.63) is 88.0 Å². The van der Waals surface area contributed by atoms with Crippen LogP contribution >= 0.6 is 23.2 Å². The van der Waals surface area contributed by atoms with Crippen molar-refractivity contribution in [3.8, 4) is 0 Å². The van der Waals surface area contributed by atoms with Crippen LogP contribution in [0.5, 0.6) is 0 Å². The van der Waals surface area contributed by atoms with Crippen LogP contribution < -0.4 is 21.3 Å². The lowest BCUT2D eigenvalue weighted by Crippen LogP contribution is -2.48. The Morgan fingerprint density at radius 3 is 2.22 bits per heavy atom. The van der Waals surface area contributed by atoms with Crippen molar-refractivity contribution in [3.63, 3.8) is 0 Å². The standard InChI is InChI=1S/C25H23Cl2N5O5/c26-17-4-3-5-18(27)22(17)24(35)32-19(25(36)37)14-30-23(34)15-7-9-16(10-8-15)31-21(33)11-13-29-20-6-1-2-12-28-20/h1-10,12,19H,11,13-14H2,(H,28,29)(H,30,34)(H,31,33)(H,32,35)(H,36,37)/t19-/m0/s1. The van der Waals surface area contributed by atoms with E-state index in [-0.39, 0.29) is 40.0 Å². The number of hydrogen-bond donors (Lipinski definition) is 5. The quantitative estimate of drug-likeness (QED) is 0.248. The van der Waals surface area contributed by atoms with Gasteiger partial charge < -0.3 is 26.4 Å². The van der Waals surface area contributed by atoms with E-state index in [1.165, 1.54) is 24.3 Å². The second-order valence-corrected chi connectivity index (χ2v) is 8.50. The topological polar surface area (TPSA) is 150 Å². The molecule has 3 aromatic rings. The third kappa shape index (κ3) is 8.19. The molecule has 10 nitrogen and oxygen atoms in total. The molecule has 3 rings (SSSR count). The maximum absolute atomic E-state index is 12.5. The molecule has 0 radical (unpaired) electrons. The van der Waals surface area contributed by atoms with Crippen LogP contribution in [-0.2, 0) is 9.59 Å². The minimum Gasteiger partial charge on any atom is -0.480 e. The van der Waals surface area contributed by atoms with E-state index in [0.29, 0.717) is 18.1 Å². The van der Waals surface area contributed by atoms with Gasteiger partial charge in [0.05, 0.1) is 15.6 Å². The van der Waals surface area contributed by atoms with Gasteiger partial charge in [0.2, 0.25) is 5.91 Å². The minimum atomic E-state index is -1.43. The van der Waals surface area contributed by atoms with Crippen LogP contribution in [0.4, 0.5) is 11.5 Å². The number of carboxylic acids is 1. The summed E-state index contributed by atoms with van der Waals surface area (Å²) in [6.07, 6.45) is 1.86. The zero-order chi connectivity index (χ0) is 26.8. The molecule has 1 aromatic heterocycles. The summed E-state index contributed by atoms with van der Waals surface area (Å²) in [5.74, 6) is -2.25. The first kappa shape index (κ1) is 27.4. The van der Waals surface area contributed by atoms with Crippen LogP contribution in [-0.4, -0.2) is 52.9 Å². The van der Waals surface area contributed by atoms with E-state index in [1.807, 2.05) is 6.07 Å². The molecular formula is C25H23Cl2N5O5. The van der Waals surface area contributed by atoms with Crippen LogP contribution in [0.2, 0.25) is 10.0 Å². The van der Waals surface area contributed by atoms with Crippen molar-refractivity contribution < 1.29 is 24.3 Å². The summed E-state index contributed by atoms with van der Waals surface area (Å²) in [6.45, 7) is 0.0110. The molecule has 0 unspecified atom stereocenters. The molecule has 0 aliphatic heterocycles. The van der Waals surface area contributed by atoms with E-state index < -0.39 is 23.8 Å². The van der Waals surface area contributed by atoms with Gasteiger partial charge in [0.15, 0.2) is 0 Å². The molecule has 5 N–H and O–H groups in total. The lowest BCUT2D eigenvalue weighted by molar-refractivity contribution is -0.139. The Hall–Kier alpha value is -4.15. The van der Waals surface area contributed by atoms with Gasteiger partial charge in [-0.2, -0.15) is 0 Å². The largest absolute Gasteiger partial charge is 0.480 e. The molecule has 1 atom stereocenters. The summed E-state index contributed by atoms with van der Waals surface area (Å²) < 4.78 is 0. The lowest BCUT2D eigenvalue weighted by Gasteiger charge is -2.16. The molecular weight excluding hydrogens is 521 g/mol. The Kier molecular flexibility index (Phi) is 9.82. The fourth-order valence-corrected chi connectivity index (χ4v) is 3.71. The minimum absolute atomic E-state index is 0.0615. The van der Waals surface area contributed by atoms with Gasteiger partial charge in [0.25, 0.3) is 11.8 Å². The number of aliphatic carboxylic acids is 1. The first-order chi connectivity index (χ1) is 17.7. The number of anilines is 2. The number of benzene rings is 2. The van der Waals surface area contributed by atoms with Crippen LogP contribution in [0, 0.1) is 0 Å². The van der Waals surface area contributed by atoms with Gasteiger partial charge in [-0.25, -0.2) is 9.78 Å². The molecule has 1 heterocycles. The zero-order valence-corrected chi connectivity index (χ0v) is 20.8. The first-order valence-corrected chi connectivity index (χ1v) is 11.8. The number of pyridine rings is 1. The number of halogens is 2. The second-order valence-electron chi connectivity index (χ2n) is 7.69. The van der Waals surface area contributed by atoms with Crippen LogP contribution in [0.25, 0.3) is 0 Å². The van der Waals surface area contributed by atoms with Gasteiger partial charge in [-0.1, -0.05) is 35.3 Å². The lowest BCUT2D eigenvalue weighted by atomic mass is 10.1. The molecule has 0 saturated carbocycles. The number of nitrogens with one attached hydrogen (secondary N) is 4. The van der Waals surface area contributed by atoms with E-state index in [1.54, 1.807) is 36.5 Å². The average molecular weight is 544 g/mol. The maximum Gasteiger partial charge on any atom is 0.328 e. The number of carbonyl (C=O) groups is 4.